The first-order valence-electron chi connectivity index (χ1n) is 5.80. The summed E-state index contributed by atoms with van der Waals surface area (Å²) in [4.78, 5) is 5.18. The average molecular weight is 219 g/mol. The summed E-state index contributed by atoms with van der Waals surface area (Å²) in [7, 11) is 0. The highest BCUT2D eigenvalue weighted by molar-refractivity contribution is 5.94. The van der Waals surface area contributed by atoms with Crippen LogP contribution in [0.5, 0.6) is 0 Å². The van der Waals surface area contributed by atoms with Crippen LogP contribution in [0.2, 0.25) is 0 Å². The van der Waals surface area contributed by atoms with Gasteiger partial charge in [-0.25, -0.2) is 4.39 Å². The summed E-state index contributed by atoms with van der Waals surface area (Å²) in [6.07, 6.45) is 3.48. The Morgan fingerprint density at radius 1 is 1.19 bits per heavy atom. The molecule has 0 N–H and O–H groups in total. The molecule has 84 valence electrons. The molecule has 0 radical (unpaired) electrons. The van der Waals surface area contributed by atoms with E-state index in [1.807, 2.05) is 12.1 Å². The third kappa shape index (κ3) is 1.60. The van der Waals surface area contributed by atoms with E-state index in [-0.39, 0.29) is 5.82 Å². The monoisotopic (exact) mass is 219 g/mol. The molecule has 16 heavy (non-hydrogen) atoms. The maximum atomic E-state index is 12.9. The lowest BCUT2D eigenvalue weighted by molar-refractivity contribution is 0.152. The van der Waals surface area contributed by atoms with E-state index >= 15 is 0 Å². The lowest BCUT2D eigenvalue weighted by Gasteiger charge is -2.25. The van der Waals surface area contributed by atoms with Crippen molar-refractivity contribution >= 4 is 5.71 Å². The van der Waals surface area contributed by atoms with Gasteiger partial charge in [0.2, 0.25) is 0 Å². The van der Waals surface area contributed by atoms with Gasteiger partial charge in [0.25, 0.3) is 0 Å². The van der Waals surface area contributed by atoms with Gasteiger partial charge in [-0.05, 0) is 30.5 Å². The number of hydrogen-bond donors (Lipinski definition) is 0. The van der Waals surface area contributed by atoms with Crippen molar-refractivity contribution < 1.29 is 9.23 Å². The van der Waals surface area contributed by atoms with Crippen molar-refractivity contribution in [1.29, 1.82) is 0 Å². The van der Waals surface area contributed by atoms with Crippen molar-refractivity contribution in [2.45, 2.75) is 25.2 Å². The minimum Gasteiger partial charge on any atom is -0.395 e. The van der Waals surface area contributed by atoms with Crippen LogP contribution in [0.3, 0.4) is 0 Å². The maximum absolute atomic E-state index is 12.9. The number of fused-ring (bicyclic) bond motifs is 1. The molecule has 3 heteroatoms. The predicted octanol–water partition coefficient (Wildman–Crippen LogP) is 3.10. The molecule has 1 aromatic rings. The van der Waals surface area contributed by atoms with Crippen LogP contribution in [-0.4, -0.2) is 12.3 Å². The molecule has 0 unspecified atom stereocenters. The standard InChI is InChI=1S/C13H14FNO/c14-11-6-4-9(5-7-11)12-3-1-2-10-8-16-15-13(10)12/h4-7,10,12H,1-3,8H2/t10-,12-/m1/s1. The number of oxime groups is 1. The molecule has 1 aliphatic carbocycles. The quantitative estimate of drug-likeness (QED) is 0.711. The SMILES string of the molecule is Fc1ccc([C@H]2CCC[C@@H]3CON=C32)cc1. The lowest BCUT2D eigenvalue weighted by Crippen LogP contribution is -2.25. The normalized spacial score (nSPS) is 28.2. The molecule has 0 aromatic heterocycles. The minimum atomic E-state index is -0.180. The van der Waals surface area contributed by atoms with E-state index < -0.39 is 0 Å². The fraction of sp³-hybridized carbons (Fsp3) is 0.462. The van der Waals surface area contributed by atoms with Gasteiger partial charge in [0.15, 0.2) is 0 Å². The van der Waals surface area contributed by atoms with Gasteiger partial charge in [-0.1, -0.05) is 23.7 Å². The van der Waals surface area contributed by atoms with Gasteiger partial charge in [0.1, 0.15) is 12.4 Å². The highest BCUT2D eigenvalue weighted by atomic mass is 19.1. The summed E-state index contributed by atoms with van der Waals surface area (Å²) in [5.41, 5.74) is 2.33. The third-order valence-corrected chi connectivity index (χ3v) is 3.54. The van der Waals surface area contributed by atoms with Crippen molar-refractivity contribution in [3.8, 4) is 0 Å². The summed E-state index contributed by atoms with van der Waals surface area (Å²) in [6.45, 7) is 0.729. The Labute approximate surface area is 94.1 Å². The number of nitrogens with zero attached hydrogens (tertiary/aromatic N) is 1. The number of hydrogen-bond acceptors (Lipinski definition) is 2. The molecule has 2 aliphatic rings. The Kier molecular flexibility index (Phi) is 2.39. The van der Waals surface area contributed by atoms with Gasteiger partial charge in [0, 0.05) is 11.8 Å². The first kappa shape index (κ1) is 9.82. The summed E-state index contributed by atoms with van der Waals surface area (Å²) >= 11 is 0. The van der Waals surface area contributed by atoms with Crippen LogP contribution >= 0.6 is 0 Å². The van der Waals surface area contributed by atoms with Crippen LogP contribution in [0.1, 0.15) is 30.7 Å². The van der Waals surface area contributed by atoms with Gasteiger partial charge < -0.3 is 4.84 Å². The van der Waals surface area contributed by atoms with Crippen LogP contribution in [0.4, 0.5) is 4.39 Å². The molecular weight excluding hydrogens is 205 g/mol. The first-order chi connectivity index (χ1) is 7.84. The Morgan fingerprint density at radius 3 is 2.81 bits per heavy atom. The highest BCUT2D eigenvalue weighted by Gasteiger charge is 2.34. The Morgan fingerprint density at radius 2 is 2.00 bits per heavy atom. The van der Waals surface area contributed by atoms with E-state index in [1.165, 1.54) is 25.0 Å². The van der Waals surface area contributed by atoms with Crippen molar-refractivity contribution in [3.05, 3.63) is 35.6 Å². The number of benzene rings is 1. The van der Waals surface area contributed by atoms with Gasteiger partial charge in [-0.3, -0.25) is 0 Å². The van der Waals surface area contributed by atoms with E-state index in [4.69, 9.17) is 4.84 Å². The van der Waals surface area contributed by atoms with E-state index in [2.05, 4.69) is 5.16 Å². The van der Waals surface area contributed by atoms with Gasteiger partial charge >= 0.3 is 0 Å². The highest BCUT2D eigenvalue weighted by Crippen LogP contribution is 2.36. The molecule has 2 atom stereocenters. The molecule has 1 fully saturated rings. The fourth-order valence-electron chi connectivity index (χ4n) is 2.69. The second-order valence-corrected chi connectivity index (χ2v) is 4.54. The smallest absolute Gasteiger partial charge is 0.125 e. The van der Waals surface area contributed by atoms with Crippen molar-refractivity contribution in [1.82, 2.24) is 0 Å². The second-order valence-electron chi connectivity index (χ2n) is 4.54. The van der Waals surface area contributed by atoms with Gasteiger partial charge in [0.05, 0.1) is 5.71 Å². The molecule has 1 saturated carbocycles. The van der Waals surface area contributed by atoms with E-state index in [1.54, 1.807) is 0 Å². The third-order valence-electron chi connectivity index (χ3n) is 3.54. The molecular formula is C13H14FNO. The second kappa shape index (κ2) is 3.89. The summed E-state index contributed by atoms with van der Waals surface area (Å²) < 4.78 is 12.9. The van der Waals surface area contributed by atoms with Crippen LogP contribution in [0.25, 0.3) is 0 Å². The maximum Gasteiger partial charge on any atom is 0.125 e. The molecule has 0 amide bonds. The molecule has 2 nitrogen and oxygen atoms in total. The largest absolute Gasteiger partial charge is 0.395 e. The molecule has 1 heterocycles. The first-order valence-corrected chi connectivity index (χ1v) is 5.80. The van der Waals surface area contributed by atoms with Crippen molar-refractivity contribution in [3.63, 3.8) is 0 Å². The fourth-order valence-corrected chi connectivity index (χ4v) is 2.69. The topological polar surface area (TPSA) is 21.6 Å². The van der Waals surface area contributed by atoms with Gasteiger partial charge in [-0.15, -0.1) is 0 Å². The number of halogens is 1. The van der Waals surface area contributed by atoms with Crippen LogP contribution in [-0.2, 0) is 4.84 Å². The van der Waals surface area contributed by atoms with Gasteiger partial charge in [-0.2, -0.15) is 0 Å². The number of rotatable bonds is 1. The zero-order valence-electron chi connectivity index (χ0n) is 9.03. The van der Waals surface area contributed by atoms with E-state index in [0.717, 1.165) is 24.3 Å². The Hall–Kier alpha value is -1.38. The predicted molar refractivity (Wildman–Crippen MR) is 59.9 cm³/mol. The van der Waals surface area contributed by atoms with Crippen molar-refractivity contribution in [2.24, 2.45) is 11.1 Å². The summed E-state index contributed by atoms with van der Waals surface area (Å²) in [5.74, 6) is 0.645. The summed E-state index contributed by atoms with van der Waals surface area (Å²) in [6, 6.07) is 6.77. The van der Waals surface area contributed by atoms with E-state index in [0.29, 0.717) is 11.8 Å². The minimum absolute atomic E-state index is 0.180. The molecule has 1 aliphatic heterocycles. The van der Waals surface area contributed by atoms with Crippen LogP contribution < -0.4 is 0 Å². The Bertz CT molecular complexity index is 412. The molecule has 0 spiro atoms. The molecule has 1 aromatic carbocycles. The molecule has 0 bridgehead atoms. The van der Waals surface area contributed by atoms with E-state index in [9.17, 15) is 4.39 Å². The summed E-state index contributed by atoms with van der Waals surface area (Å²) in [5, 5.41) is 4.16. The average Bonchev–Trinajstić information content (AvgIpc) is 2.78. The van der Waals surface area contributed by atoms with Crippen LogP contribution in [0.15, 0.2) is 29.4 Å². The lowest BCUT2D eigenvalue weighted by atomic mass is 9.77. The Balaban J connectivity index is 1.91. The molecule has 0 saturated heterocycles. The zero-order valence-corrected chi connectivity index (χ0v) is 9.03. The molecule has 3 rings (SSSR count). The zero-order chi connectivity index (χ0) is 11.0. The van der Waals surface area contributed by atoms with Crippen molar-refractivity contribution in [2.75, 3.05) is 6.61 Å². The van der Waals surface area contributed by atoms with Crippen LogP contribution in [0, 0.1) is 11.7 Å².